The van der Waals surface area contributed by atoms with Gasteiger partial charge in [0.05, 0.1) is 23.1 Å². The van der Waals surface area contributed by atoms with Crippen molar-refractivity contribution in [2.24, 2.45) is 5.92 Å². The van der Waals surface area contributed by atoms with Crippen molar-refractivity contribution in [3.8, 4) is 0 Å². The number of hydrogen-bond acceptors (Lipinski definition) is 6. The number of carbonyl (C=O) groups excluding carboxylic acids is 1. The highest BCUT2D eigenvalue weighted by Crippen LogP contribution is 2.25. The highest BCUT2D eigenvalue weighted by atomic mass is 32.2. The Kier molecular flexibility index (Phi) is 5.67. The van der Waals surface area contributed by atoms with E-state index in [1.54, 1.807) is 24.1 Å². The summed E-state index contributed by atoms with van der Waals surface area (Å²) in [4.78, 5) is 14.7. The number of likely N-dealkylation sites (tertiary alicyclic amines) is 1. The first-order valence-electron chi connectivity index (χ1n) is 8.78. The van der Waals surface area contributed by atoms with Crippen molar-refractivity contribution in [1.82, 2.24) is 10.1 Å². The zero-order valence-corrected chi connectivity index (χ0v) is 16.5. The molecule has 1 fully saturated rings. The van der Waals surface area contributed by atoms with Crippen LogP contribution >= 0.6 is 0 Å². The van der Waals surface area contributed by atoms with Gasteiger partial charge in [-0.3, -0.25) is 4.79 Å². The molecular formula is C19H24N2O5S. The summed E-state index contributed by atoms with van der Waals surface area (Å²) in [5, 5.41) is 3.90. The molecular weight excluding hydrogens is 368 g/mol. The summed E-state index contributed by atoms with van der Waals surface area (Å²) < 4.78 is 33.9. The number of rotatable bonds is 6. The van der Waals surface area contributed by atoms with Gasteiger partial charge >= 0.3 is 0 Å². The lowest BCUT2D eigenvalue weighted by atomic mass is 10.0. The Hall–Kier alpha value is -2.19. The Balaban J connectivity index is 1.63. The lowest BCUT2D eigenvalue weighted by Gasteiger charge is -2.16. The maximum Gasteiger partial charge on any atom is 0.227 e. The van der Waals surface area contributed by atoms with Gasteiger partial charge in [-0.1, -0.05) is 17.3 Å². The Bertz CT molecular complexity index is 904. The summed E-state index contributed by atoms with van der Waals surface area (Å²) >= 11 is 0. The first-order valence-corrected chi connectivity index (χ1v) is 10.7. The highest BCUT2D eigenvalue weighted by Gasteiger charge is 2.36. The van der Waals surface area contributed by atoms with Gasteiger partial charge in [-0.05, 0) is 24.6 Å². The number of benzene rings is 1. The van der Waals surface area contributed by atoms with E-state index in [9.17, 15) is 13.2 Å². The number of carbonyl (C=O) groups is 1. The number of aromatic nitrogens is 1. The molecule has 1 aliphatic heterocycles. The molecule has 0 bridgehead atoms. The Morgan fingerprint density at radius 3 is 2.56 bits per heavy atom. The van der Waals surface area contributed by atoms with Gasteiger partial charge in [0.15, 0.2) is 9.84 Å². The van der Waals surface area contributed by atoms with Crippen molar-refractivity contribution in [3.63, 3.8) is 0 Å². The van der Waals surface area contributed by atoms with Gasteiger partial charge in [0.25, 0.3) is 0 Å². The number of sulfone groups is 1. The molecule has 0 unspecified atom stereocenters. The van der Waals surface area contributed by atoms with E-state index in [1.165, 1.54) is 18.4 Å². The third-order valence-electron chi connectivity index (χ3n) is 4.88. The van der Waals surface area contributed by atoms with Gasteiger partial charge in [0, 0.05) is 44.9 Å². The number of ether oxygens (including phenoxy) is 1. The van der Waals surface area contributed by atoms with Crippen LogP contribution in [-0.4, -0.2) is 56.9 Å². The first kappa shape index (κ1) is 19.6. The van der Waals surface area contributed by atoms with Gasteiger partial charge in [0.2, 0.25) is 5.91 Å². The molecule has 1 aromatic carbocycles. The van der Waals surface area contributed by atoms with Crippen LogP contribution in [0.25, 0.3) is 0 Å². The lowest BCUT2D eigenvalue weighted by molar-refractivity contribution is -0.129. The molecule has 2 aromatic rings. The quantitative estimate of drug-likeness (QED) is 0.742. The first-order chi connectivity index (χ1) is 12.8. The average molecular weight is 392 g/mol. The summed E-state index contributed by atoms with van der Waals surface area (Å²) in [5.41, 5.74) is 1.62. The molecule has 1 aromatic heterocycles. The molecule has 2 heterocycles. The molecule has 1 aliphatic rings. The van der Waals surface area contributed by atoms with E-state index in [0.717, 1.165) is 17.0 Å². The predicted molar refractivity (Wildman–Crippen MR) is 99.1 cm³/mol. The summed E-state index contributed by atoms with van der Waals surface area (Å²) in [5.74, 6) is 0.949. The minimum Gasteiger partial charge on any atom is -0.379 e. The molecule has 7 nitrogen and oxygen atoms in total. The highest BCUT2D eigenvalue weighted by molar-refractivity contribution is 7.90. The zero-order valence-electron chi connectivity index (χ0n) is 15.7. The smallest absolute Gasteiger partial charge is 0.227 e. The minimum absolute atomic E-state index is 0.000376. The molecule has 146 valence electrons. The number of hydrogen-bond donors (Lipinski definition) is 0. The number of amides is 1. The van der Waals surface area contributed by atoms with Crippen molar-refractivity contribution in [3.05, 3.63) is 47.3 Å². The Labute approximate surface area is 159 Å². The van der Waals surface area contributed by atoms with Crippen LogP contribution in [-0.2, 0) is 32.2 Å². The van der Waals surface area contributed by atoms with Crippen LogP contribution in [0, 0.1) is 12.8 Å². The van der Waals surface area contributed by atoms with Crippen LogP contribution < -0.4 is 0 Å². The molecule has 3 rings (SSSR count). The van der Waals surface area contributed by atoms with Crippen molar-refractivity contribution in [2.45, 2.75) is 30.8 Å². The van der Waals surface area contributed by atoms with E-state index in [4.69, 9.17) is 9.26 Å². The topological polar surface area (TPSA) is 89.7 Å². The number of methoxy groups -OCH3 is 1. The van der Waals surface area contributed by atoms with Crippen LogP contribution in [0.15, 0.2) is 39.8 Å². The molecule has 1 saturated heterocycles. The zero-order chi connectivity index (χ0) is 19.6. The van der Waals surface area contributed by atoms with Gasteiger partial charge in [-0.25, -0.2) is 8.42 Å². The maximum absolute atomic E-state index is 12.7. The van der Waals surface area contributed by atoms with E-state index in [2.05, 4.69) is 5.16 Å². The van der Waals surface area contributed by atoms with E-state index < -0.39 is 9.84 Å². The second kappa shape index (κ2) is 7.82. The van der Waals surface area contributed by atoms with Crippen LogP contribution in [0.4, 0.5) is 0 Å². The van der Waals surface area contributed by atoms with E-state index in [-0.39, 0.29) is 29.2 Å². The number of aryl methyl sites for hydroxylation is 1. The number of nitrogens with zero attached hydrogens (tertiary/aromatic N) is 2. The van der Waals surface area contributed by atoms with E-state index in [0.29, 0.717) is 19.5 Å². The molecule has 0 radical (unpaired) electrons. The van der Waals surface area contributed by atoms with Gasteiger partial charge in [0.1, 0.15) is 5.76 Å². The van der Waals surface area contributed by atoms with Crippen LogP contribution in [0.1, 0.15) is 17.0 Å². The molecule has 0 saturated carbocycles. The molecule has 0 aliphatic carbocycles. The second-order valence-corrected chi connectivity index (χ2v) is 9.08. The summed E-state index contributed by atoms with van der Waals surface area (Å²) in [7, 11) is -1.58. The molecule has 0 N–H and O–H groups in total. The molecule has 0 spiro atoms. The second-order valence-electron chi connectivity index (χ2n) is 7.06. The van der Waals surface area contributed by atoms with Crippen molar-refractivity contribution in [2.75, 3.05) is 26.5 Å². The predicted octanol–water partition coefficient (Wildman–Crippen LogP) is 1.65. The molecule has 27 heavy (non-hydrogen) atoms. The fraction of sp³-hybridized carbons (Fsp3) is 0.474. The molecule has 8 heteroatoms. The maximum atomic E-state index is 12.7. The standard InChI is InChI=1S/C19H24N2O5S/c1-13-8-16(26-20-13)10-15-11-21(12-18(15)25-2)19(22)9-14-4-6-17(7-5-14)27(3,23)24/h4-8,15,18H,9-12H2,1-3H3/t15-,18+/m1/s1. The average Bonchev–Trinajstić information content (AvgIpc) is 3.21. The van der Waals surface area contributed by atoms with Crippen LogP contribution in [0.2, 0.25) is 0 Å². The monoisotopic (exact) mass is 392 g/mol. The summed E-state index contributed by atoms with van der Waals surface area (Å²) in [6.45, 7) is 3.01. The SMILES string of the molecule is CO[C@H]1CN(C(=O)Cc2ccc(S(C)(=O)=O)cc2)C[C@H]1Cc1cc(C)no1. The molecule has 2 atom stereocenters. The normalized spacial score (nSPS) is 20.2. The van der Waals surface area contributed by atoms with E-state index in [1.807, 2.05) is 13.0 Å². The minimum atomic E-state index is -3.24. The Morgan fingerprint density at radius 2 is 2.00 bits per heavy atom. The van der Waals surface area contributed by atoms with Crippen molar-refractivity contribution < 1.29 is 22.5 Å². The fourth-order valence-corrected chi connectivity index (χ4v) is 4.05. The van der Waals surface area contributed by atoms with Crippen LogP contribution in [0.3, 0.4) is 0 Å². The summed E-state index contributed by atoms with van der Waals surface area (Å²) in [6.07, 6.45) is 2.02. The third-order valence-corrected chi connectivity index (χ3v) is 6.01. The largest absolute Gasteiger partial charge is 0.379 e. The van der Waals surface area contributed by atoms with Crippen LogP contribution in [0.5, 0.6) is 0 Å². The van der Waals surface area contributed by atoms with Gasteiger partial charge in [-0.2, -0.15) is 0 Å². The van der Waals surface area contributed by atoms with E-state index >= 15 is 0 Å². The lowest BCUT2D eigenvalue weighted by Crippen LogP contribution is -2.31. The van der Waals surface area contributed by atoms with Crippen molar-refractivity contribution in [1.29, 1.82) is 0 Å². The fourth-order valence-electron chi connectivity index (χ4n) is 3.42. The van der Waals surface area contributed by atoms with Crippen molar-refractivity contribution >= 4 is 15.7 Å². The van der Waals surface area contributed by atoms with Gasteiger partial charge < -0.3 is 14.2 Å². The molecule has 1 amide bonds. The Morgan fingerprint density at radius 1 is 1.30 bits per heavy atom. The third kappa shape index (κ3) is 4.75. The summed E-state index contributed by atoms with van der Waals surface area (Å²) in [6, 6.07) is 8.35. The van der Waals surface area contributed by atoms with Gasteiger partial charge in [-0.15, -0.1) is 0 Å².